The zero-order valence-electron chi connectivity index (χ0n) is 10.8. The first-order valence-electron chi connectivity index (χ1n) is 6.40. The van der Waals surface area contributed by atoms with Gasteiger partial charge in [0.2, 0.25) is 5.91 Å². The zero-order chi connectivity index (χ0) is 12.0. The molecule has 16 heavy (non-hydrogen) atoms. The Balaban J connectivity index is 2.48. The van der Waals surface area contributed by atoms with Crippen molar-refractivity contribution in [2.24, 2.45) is 5.92 Å². The van der Waals surface area contributed by atoms with Crippen molar-refractivity contribution in [3.63, 3.8) is 0 Å². The molecule has 4 heteroatoms. The molecule has 94 valence electrons. The van der Waals surface area contributed by atoms with Crippen LogP contribution in [0.15, 0.2) is 0 Å². The summed E-state index contributed by atoms with van der Waals surface area (Å²) < 4.78 is 0. The van der Waals surface area contributed by atoms with E-state index in [1.54, 1.807) is 0 Å². The molecule has 4 nitrogen and oxygen atoms in total. The maximum absolute atomic E-state index is 11.6. The van der Waals surface area contributed by atoms with E-state index in [4.69, 9.17) is 0 Å². The van der Waals surface area contributed by atoms with E-state index in [1.165, 1.54) is 0 Å². The van der Waals surface area contributed by atoms with Crippen LogP contribution in [0, 0.1) is 5.92 Å². The van der Waals surface area contributed by atoms with Crippen molar-refractivity contribution in [2.45, 2.75) is 33.2 Å². The molecule has 2 unspecified atom stereocenters. The molecule has 0 spiro atoms. The molecule has 0 radical (unpaired) electrons. The third-order valence-electron chi connectivity index (χ3n) is 3.34. The molecule has 0 saturated carbocycles. The van der Waals surface area contributed by atoms with Crippen molar-refractivity contribution in [1.82, 2.24) is 15.5 Å². The van der Waals surface area contributed by atoms with E-state index in [0.717, 1.165) is 32.6 Å². The Hall–Kier alpha value is -0.610. The van der Waals surface area contributed by atoms with E-state index in [-0.39, 0.29) is 5.91 Å². The summed E-state index contributed by atoms with van der Waals surface area (Å²) in [6.07, 6.45) is 1.15. The minimum atomic E-state index is 0.148. The standard InChI is InChI=1S/C12H25N3O/c1-4-14-12(16)9-15(5-2)11-6-7-13-8-10(11)3/h10-11,13H,4-9H2,1-3H3,(H,14,16). The third-order valence-corrected chi connectivity index (χ3v) is 3.34. The predicted molar refractivity (Wildman–Crippen MR) is 66.4 cm³/mol. The highest BCUT2D eigenvalue weighted by Gasteiger charge is 2.27. The summed E-state index contributed by atoms with van der Waals surface area (Å²) in [5.41, 5.74) is 0. The number of likely N-dealkylation sites (N-methyl/N-ethyl adjacent to an activating group) is 2. The number of nitrogens with one attached hydrogen (secondary N) is 2. The SMILES string of the molecule is CCNC(=O)CN(CC)C1CCNCC1C. The van der Waals surface area contributed by atoms with Crippen LogP contribution in [0.2, 0.25) is 0 Å². The van der Waals surface area contributed by atoms with Gasteiger partial charge in [0.25, 0.3) is 0 Å². The molecular weight excluding hydrogens is 202 g/mol. The monoisotopic (exact) mass is 227 g/mol. The molecule has 0 aromatic rings. The van der Waals surface area contributed by atoms with Crippen LogP contribution >= 0.6 is 0 Å². The van der Waals surface area contributed by atoms with Gasteiger partial charge < -0.3 is 10.6 Å². The van der Waals surface area contributed by atoms with Crippen molar-refractivity contribution in [3.8, 4) is 0 Å². The first-order valence-corrected chi connectivity index (χ1v) is 6.40. The fourth-order valence-electron chi connectivity index (χ4n) is 2.44. The average molecular weight is 227 g/mol. The minimum absolute atomic E-state index is 0.148. The predicted octanol–water partition coefficient (Wildman–Crippen LogP) is 0.442. The van der Waals surface area contributed by atoms with E-state index in [1.807, 2.05) is 6.92 Å². The highest BCUT2D eigenvalue weighted by molar-refractivity contribution is 5.77. The van der Waals surface area contributed by atoms with Crippen LogP contribution in [0.5, 0.6) is 0 Å². The average Bonchev–Trinajstić information content (AvgIpc) is 2.27. The molecule has 0 bridgehead atoms. The van der Waals surface area contributed by atoms with Gasteiger partial charge in [-0.2, -0.15) is 0 Å². The lowest BCUT2D eigenvalue weighted by Gasteiger charge is -2.38. The summed E-state index contributed by atoms with van der Waals surface area (Å²) in [7, 11) is 0. The van der Waals surface area contributed by atoms with Crippen LogP contribution in [0.25, 0.3) is 0 Å². The Bertz CT molecular complexity index is 220. The van der Waals surface area contributed by atoms with Crippen molar-refractivity contribution in [2.75, 3.05) is 32.7 Å². The number of carbonyl (C=O) groups is 1. The lowest BCUT2D eigenvalue weighted by atomic mass is 9.93. The van der Waals surface area contributed by atoms with E-state index in [0.29, 0.717) is 18.5 Å². The molecule has 1 heterocycles. The van der Waals surface area contributed by atoms with E-state index in [2.05, 4.69) is 29.4 Å². The smallest absolute Gasteiger partial charge is 0.234 e. The van der Waals surface area contributed by atoms with Gasteiger partial charge in [-0.3, -0.25) is 9.69 Å². The second kappa shape index (κ2) is 6.86. The number of nitrogens with zero attached hydrogens (tertiary/aromatic N) is 1. The lowest BCUT2D eigenvalue weighted by molar-refractivity contribution is -0.123. The van der Waals surface area contributed by atoms with Crippen LogP contribution in [-0.2, 0) is 4.79 Å². The molecule has 1 aliphatic rings. The second-order valence-electron chi connectivity index (χ2n) is 4.55. The molecule has 0 aliphatic carbocycles. The topological polar surface area (TPSA) is 44.4 Å². The molecule has 0 aromatic heterocycles. The van der Waals surface area contributed by atoms with Crippen LogP contribution in [0.1, 0.15) is 27.2 Å². The Morgan fingerprint density at radius 3 is 2.81 bits per heavy atom. The van der Waals surface area contributed by atoms with Gasteiger partial charge in [0, 0.05) is 12.6 Å². The van der Waals surface area contributed by atoms with Gasteiger partial charge in [-0.05, 0) is 38.9 Å². The van der Waals surface area contributed by atoms with Gasteiger partial charge in [0.15, 0.2) is 0 Å². The Morgan fingerprint density at radius 2 is 2.25 bits per heavy atom. The normalized spacial score (nSPS) is 25.8. The number of piperidine rings is 1. The third kappa shape index (κ3) is 3.76. The van der Waals surface area contributed by atoms with Gasteiger partial charge in [0.05, 0.1) is 6.54 Å². The molecule has 2 N–H and O–H groups in total. The van der Waals surface area contributed by atoms with E-state index >= 15 is 0 Å². The first kappa shape index (κ1) is 13.5. The second-order valence-corrected chi connectivity index (χ2v) is 4.55. The van der Waals surface area contributed by atoms with Crippen LogP contribution in [0.3, 0.4) is 0 Å². The highest BCUT2D eigenvalue weighted by Crippen LogP contribution is 2.17. The van der Waals surface area contributed by atoms with Crippen LogP contribution in [0.4, 0.5) is 0 Å². The zero-order valence-corrected chi connectivity index (χ0v) is 10.8. The molecule has 1 saturated heterocycles. The number of rotatable bonds is 5. The van der Waals surface area contributed by atoms with Crippen molar-refractivity contribution in [3.05, 3.63) is 0 Å². The first-order chi connectivity index (χ1) is 7.69. The molecule has 1 fully saturated rings. The highest BCUT2D eigenvalue weighted by atomic mass is 16.2. The van der Waals surface area contributed by atoms with Gasteiger partial charge >= 0.3 is 0 Å². The summed E-state index contributed by atoms with van der Waals surface area (Å²) in [6.45, 7) is 10.7. The van der Waals surface area contributed by atoms with Gasteiger partial charge in [-0.1, -0.05) is 13.8 Å². The van der Waals surface area contributed by atoms with Crippen molar-refractivity contribution in [1.29, 1.82) is 0 Å². The summed E-state index contributed by atoms with van der Waals surface area (Å²) in [4.78, 5) is 13.9. The fraction of sp³-hybridized carbons (Fsp3) is 0.917. The lowest BCUT2D eigenvalue weighted by Crippen LogP contribution is -2.51. The molecular formula is C12H25N3O. The quantitative estimate of drug-likeness (QED) is 0.716. The Labute approximate surface area is 98.8 Å². The Kier molecular flexibility index (Phi) is 5.77. The number of amides is 1. The summed E-state index contributed by atoms with van der Waals surface area (Å²) in [5, 5.41) is 6.26. The van der Waals surface area contributed by atoms with Crippen molar-refractivity contribution < 1.29 is 4.79 Å². The van der Waals surface area contributed by atoms with E-state index in [9.17, 15) is 4.79 Å². The minimum Gasteiger partial charge on any atom is -0.355 e. The molecule has 1 rings (SSSR count). The fourth-order valence-corrected chi connectivity index (χ4v) is 2.44. The summed E-state index contributed by atoms with van der Waals surface area (Å²) >= 11 is 0. The number of hydrogen-bond acceptors (Lipinski definition) is 3. The van der Waals surface area contributed by atoms with E-state index < -0.39 is 0 Å². The maximum atomic E-state index is 11.6. The largest absolute Gasteiger partial charge is 0.355 e. The molecule has 0 aromatic carbocycles. The molecule has 1 amide bonds. The van der Waals surface area contributed by atoms with Crippen LogP contribution < -0.4 is 10.6 Å². The summed E-state index contributed by atoms with van der Waals surface area (Å²) in [6, 6.07) is 0.550. The molecule has 2 atom stereocenters. The molecule has 1 aliphatic heterocycles. The van der Waals surface area contributed by atoms with Crippen LogP contribution in [-0.4, -0.2) is 49.6 Å². The maximum Gasteiger partial charge on any atom is 0.234 e. The Morgan fingerprint density at radius 1 is 1.50 bits per heavy atom. The van der Waals surface area contributed by atoms with Crippen molar-refractivity contribution >= 4 is 5.91 Å². The number of carbonyl (C=O) groups excluding carboxylic acids is 1. The number of hydrogen-bond donors (Lipinski definition) is 2. The van der Waals surface area contributed by atoms with Gasteiger partial charge in [0.1, 0.15) is 0 Å². The van der Waals surface area contributed by atoms with Gasteiger partial charge in [-0.25, -0.2) is 0 Å². The summed E-state index contributed by atoms with van der Waals surface area (Å²) in [5.74, 6) is 0.776. The van der Waals surface area contributed by atoms with Gasteiger partial charge in [-0.15, -0.1) is 0 Å².